The molecule has 8 nitrogen and oxygen atoms in total. The van der Waals surface area contributed by atoms with Gasteiger partial charge in [-0.25, -0.2) is 8.42 Å². The number of nitro benzene ring substituents is 1. The molecule has 2 aliphatic rings. The van der Waals surface area contributed by atoms with Crippen LogP contribution in [0.1, 0.15) is 26.2 Å². The molecule has 2 saturated heterocycles. The molecule has 0 radical (unpaired) electrons. The summed E-state index contributed by atoms with van der Waals surface area (Å²) in [7, 11) is -3.55. The number of sulfonamides is 1. The topological polar surface area (TPSA) is 87.0 Å². The van der Waals surface area contributed by atoms with Crippen molar-refractivity contribution in [3.63, 3.8) is 0 Å². The van der Waals surface area contributed by atoms with E-state index in [2.05, 4.69) is 9.80 Å². The van der Waals surface area contributed by atoms with E-state index >= 15 is 0 Å². The molecular formula is C22H28N4O4S. The van der Waals surface area contributed by atoms with Gasteiger partial charge in [-0.2, -0.15) is 4.31 Å². The highest BCUT2D eigenvalue weighted by Gasteiger charge is 2.34. The second-order valence-corrected chi connectivity index (χ2v) is 10.1. The summed E-state index contributed by atoms with van der Waals surface area (Å²) in [5.74, 6) is 0. The third kappa shape index (κ3) is 4.38. The number of nitro groups is 1. The lowest BCUT2D eigenvalue weighted by molar-refractivity contribution is -0.384. The molecule has 0 saturated carbocycles. The van der Waals surface area contributed by atoms with Gasteiger partial charge in [0.2, 0.25) is 10.0 Å². The molecular weight excluding hydrogens is 416 g/mol. The molecule has 0 amide bonds. The average molecular weight is 445 g/mol. The Bertz CT molecular complexity index is 1040. The highest BCUT2D eigenvalue weighted by molar-refractivity contribution is 7.89. The van der Waals surface area contributed by atoms with E-state index in [1.165, 1.54) is 0 Å². The lowest BCUT2D eigenvalue weighted by Gasteiger charge is -2.40. The van der Waals surface area contributed by atoms with Crippen LogP contribution in [0.25, 0.3) is 0 Å². The van der Waals surface area contributed by atoms with E-state index in [-0.39, 0.29) is 16.7 Å². The largest absolute Gasteiger partial charge is 0.369 e. The second-order valence-electron chi connectivity index (χ2n) is 8.20. The summed E-state index contributed by atoms with van der Waals surface area (Å²) in [4.78, 5) is 15.8. The molecule has 0 spiro atoms. The number of piperazine rings is 1. The molecule has 166 valence electrons. The monoisotopic (exact) mass is 444 g/mol. The highest BCUT2D eigenvalue weighted by Crippen LogP contribution is 2.35. The quantitative estimate of drug-likeness (QED) is 0.518. The lowest BCUT2D eigenvalue weighted by atomic mass is 10.1. The van der Waals surface area contributed by atoms with Gasteiger partial charge in [-0.3, -0.25) is 10.1 Å². The van der Waals surface area contributed by atoms with Crippen LogP contribution in [0.4, 0.5) is 17.1 Å². The molecule has 0 unspecified atom stereocenters. The average Bonchev–Trinajstić information content (AvgIpc) is 2.79. The van der Waals surface area contributed by atoms with Crippen molar-refractivity contribution in [3.8, 4) is 0 Å². The predicted octanol–water partition coefficient (Wildman–Crippen LogP) is 3.48. The molecule has 0 N–H and O–H groups in total. The molecule has 0 aliphatic carbocycles. The van der Waals surface area contributed by atoms with E-state index in [1.807, 2.05) is 13.0 Å². The number of hydrogen-bond acceptors (Lipinski definition) is 6. The van der Waals surface area contributed by atoms with Crippen molar-refractivity contribution in [2.75, 3.05) is 42.5 Å². The summed E-state index contributed by atoms with van der Waals surface area (Å²) in [6, 6.07) is 13.5. The lowest BCUT2D eigenvalue weighted by Crippen LogP contribution is -2.54. The van der Waals surface area contributed by atoms with E-state index in [0.29, 0.717) is 30.2 Å². The minimum absolute atomic E-state index is 0.129. The van der Waals surface area contributed by atoms with Gasteiger partial charge in [-0.15, -0.1) is 0 Å². The van der Waals surface area contributed by atoms with Gasteiger partial charge in [0.1, 0.15) is 5.69 Å². The van der Waals surface area contributed by atoms with E-state index in [1.54, 1.807) is 46.8 Å². The molecule has 1 atom stereocenters. The van der Waals surface area contributed by atoms with Crippen molar-refractivity contribution < 1.29 is 13.3 Å². The van der Waals surface area contributed by atoms with Gasteiger partial charge in [0.25, 0.3) is 5.69 Å². The maximum Gasteiger partial charge on any atom is 0.292 e. The zero-order valence-corrected chi connectivity index (χ0v) is 18.5. The molecule has 2 aromatic rings. The standard InChI is InChI=1S/C22H28N4O4S/c1-18-17-24(14-15-25(18)31(29,30)20-8-4-2-5-9-20)19-10-11-21(26(27)28)22(16-19)23-12-6-3-7-13-23/h2,4-5,8-11,16,18H,3,6-7,12-15,17H2,1H3/t18-/m1/s1. The maximum atomic E-state index is 13.0. The maximum absolute atomic E-state index is 13.0. The number of benzene rings is 2. The Morgan fingerprint density at radius 3 is 2.29 bits per heavy atom. The number of rotatable bonds is 5. The molecule has 0 aromatic heterocycles. The molecule has 2 aromatic carbocycles. The summed E-state index contributed by atoms with van der Waals surface area (Å²) in [6.07, 6.45) is 3.22. The van der Waals surface area contributed by atoms with E-state index in [9.17, 15) is 18.5 Å². The normalized spacial score (nSPS) is 20.6. The van der Waals surface area contributed by atoms with Crippen molar-refractivity contribution in [2.24, 2.45) is 0 Å². The minimum Gasteiger partial charge on any atom is -0.369 e. The van der Waals surface area contributed by atoms with Crippen molar-refractivity contribution in [2.45, 2.75) is 37.1 Å². The van der Waals surface area contributed by atoms with Gasteiger partial charge in [0, 0.05) is 50.5 Å². The molecule has 0 bridgehead atoms. The van der Waals surface area contributed by atoms with Crippen LogP contribution >= 0.6 is 0 Å². The Balaban J connectivity index is 1.56. The summed E-state index contributed by atoms with van der Waals surface area (Å²) < 4.78 is 27.6. The number of hydrogen-bond donors (Lipinski definition) is 0. The third-order valence-electron chi connectivity index (χ3n) is 6.13. The summed E-state index contributed by atoms with van der Waals surface area (Å²) in [6.45, 7) is 4.99. The van der Waals surface area contributed by atoms with Crippen LogP contribution in [-0.4, -0.2) is 56.4 Å². The van der Waals surface area contributed by atoms with Crippen LogP contribution in [0.15, 0.2) is 53.4 Å². The van der Waals surface area contributed by atoms with Gasteiger partial charge in [-0.05, 0) is 50.5 Å². The Hall–Kier alpha value is -2.65. The first-order valence-electron chi connectivity index (χ1n) is 10.7. The summed E-state index contributed by atoms with van der Waals surface area (Å²) in [5.41, 5.74) is 1.69. The van der Waals surface area contributed by atoms with Gasteiger partial charge in [0.05, 0.1) is 9.82 Å². The molecule has 4 rings (SSSR count). The fourth-order valence-electron chi connectivity index (χ4n) is 4.51. The van der Waals surface area contributed by atoms with Gasteiger partial charge >= 0.3 is 0 Å². The van der Waals surface area contributed by atoms with Crippen LogP contribution < -0.4 is 9.80 Å². The zero-order valence-electron chi connectivity index (χ0n) is 17.7. The first kappa shape index (κ1) is 21.6. The Morgan fingerprint density at radius 2 is 1.65 bits per heavy atom. The zero-order chi connectivity index (χ0) is 22.0. The first-order valence-corrected chi connectivity index (χ1v) is 12.2. The molecule has 2 fully saturated rings. The minimum atomic E-state index is -3.55. The van der Waals surface area contributed by atoms with Crippen LogP contribution in [-0.2, 0) is 10.0 Å². The Morgan fingerprint density at radius 1 is 0.935 bits per heavy atom. The van der Waals surface area contributed by atoms with Crippen LogP contribution in [0, 0.1) is 10.1 Å². The number of anilines is 2. The van der Waals surface area contributed by atoms with Crippen LogP contribution in [0.5, 0.6) is 0 Å². The van der Waals surface area contributed by atoms with E-state index < -0.39 is 10.0 Å². The fourth-order valence-corrected chi connectivity index (χ4v) is 6.15. The van der Waals surface area contributed by atoms with Crippen molar-refractivity contribution in [1.82, 2.24) is 4.31 Å². The summed E-state index contributed by atoms with van der Waals surface area (Å²) >= 11 is 0. The molecule has 31 heavy (non-hydrogen) atoms. The highest BCUT2D eigenvalue weighted by atomic mass is 32.2. The van der Waals surface area contributed by atoms with Gasteiger partial charge in [-0.1, -0.05) is 18.2 Å². The number of piperidine rings is 1. The molecule has 2 heterocycles. The van der Waals surface area contributed by atoms with Crippen molar-refractivity contribution in [1.29, 1.82) is 0 Å². The molecule has 9 heteroatoms. The van der Waals surface area contributed by atoms with E-state index in [0.717, 1.165) is 38.0 Å². The van der Waals surface area contributed by atoms with Crippen LogP contribution in [0.3, 0.4) is 0 Å². The SMILES string of the molecule is C[C@@H]1CN(c2ccc([N+](=O)[O-])c(N3CCCCC3)c2)CCN1S(=O)(=O)c1ccccc1. The van der Waals surface area contributed by atoms with Gasteiger partial charge < -0.3 is 9.80 Å². The molecule has 2 aliphatic heterocycles. The first-order chi connectivity index (χ1) is 14.9. The Kier molecular flexibility index (Phi) is 6.15. The fraction of sp³-hybridized carbons (Fsp3) is 0.455. The van der Waals surface area contributed by atoms with E-state index in [4.69, 9.17) is 0 Å². The Labute approximate surface area is 183 Å². The summed E-state index contributed by atoms with van der Waals surface area (Å²) in [5, 5.41) is 11.6. The smallest absolute Gasteiger partial charge is 0.292 e. The number of nitrogens with zero attached hydrogens (tertiary/aromatic N) is 4. The second kappa shape index (κ2) is 8.84. The predicted molar refractivity (Wildman–Crippen MR) is 121 cm³/mol. The van der Waals surface area contributed by atoms with Crippen molar-refractivity contribution >= 4 is 27.1 Å². The van der Waals surface area contributed by atoms with Gasteiger partial charge in [0.15, 0.2) is 0 Å². The van der Waals surface area contributed by atoms with Crippen molar-refractivity contribution in [3.05, 3.63) is 58.6 Å². The third-order valence-corrected chi connectivity index (χ3v) is 8.16. The van der Waals surface area contributed by atoms with Crippen LogP contribution in [0.2, 0.25) is 0 Å².